The smallest absolute Gasteiger partial charge is 0.332 e. The van der Waals surface area contributed by atoms with Crippen LogP contribution in [0.4, 0.5) is 0 Å². The zero-order valence-electron chi connectivity index (χ0n) is 14.6. The van der Waals surface area contributed by atoms with Crippen molar-refractivity contribution in [2.24, 2.45) is 0 Å². The van der Waals surface area contributed by atoms with Crippen molar-refractivity contribution in [1.29, 1.82) is 0 Å². The van der Waals surface area contributed by atoms with E-state index in [1.165, 1.54) is 27.8 Å². The average molecular weight is 374 g/mol. The molecular formula is C20H23NO2S2. The van der Waals surface area contributed by atoms with Gasteiger partial charge in [0.25, 0.3) is 0 Å². The molecule has 0 unspecified atom stereocenters. The van der Waals surface area contributed by atoms with E-state index in [0.29, 0.717) is 12.1 Å². The van der Waals surface area contributed by atoms with Crippen LogP contribution in [0.3, 0.4) is 0 Å². The van der Waals surface area contributed by atoms with Gasteiger partial charge in [0.2, 0.25) is 0 Å². The number of aliphatic carboxylic acids is 1. The Morgan fingerprint density at radius 3 is 2.32 bits per heavy atom. The molecule has 0 saturated carbocycles. The van der Waals surface area contributed by atoms with Crippen molar-refractivity contribution in [3.8, 4) is 0 Å². The van der Waals surface area contributed by atoms with Crippen LogP contribution in [-0.2, 0) is 4.79 Å². The van der Waals surface area contributed by atoms with E-state index in [1.54, 1.807) is 22.7 Å². The van der Waals surface area contributed by atoms with Crippen LogP contribution in [0, 0.1) is 13.8 Å². The second kappa shape index (κ2) is 8.13. The number of aryl methyl sites for hydroxylation is 2. The Labute approximate surface area is 156 Å². The Hall–Kier alpha value is -1.69. The molecule has 3 rings (SSSR count). The fourth-order valence-electron chi connectivity index (χ4n) is 3.18. The first-order valence-corrected chi connectivity index (χ1v) is 10.4. The third-order valence-corrected chi connectivity index (χ3v) is 6.31. The van der Waals surface area contributed by atoms with E-state index in [2.05, 4.69) is 46.3 Å². The largest absolute Gasteiger partial charge is 0.478 e. The fourth-order valence-corrected chi connectivity index (χ4v) is 4.88. The number of carbonyl (C=O) groups is 1. The first-order chi connectivity index (χ1) is 12.1. The van der Waals surface area contributed by atoms with E-state index >= 15 is 0 Å². The van der Waals surface area contributed by atoms with E-state index < -0.39 is 5.97 Å². The molecule has 0 atom stereocenters. The summed E-state index contributed by atoms with van der Waals surface area (Å²) in [6.45, 7) is 6.70. The summed E-state index contributed by atoms with van der Waals surface area (Å²) in [5, 5.41) is 18.0. The number of rotatable bonds is 6. The molecule has 25 heavy (non-hydrogen) atoms. The van der Waals surface area contributed by atoms with Crippen LogP contribution in [0.2, 0.25) is 0 Å². The topological polar surface area (TPSA) is 40.5 Å². The van der Waals surface area contributed by atoms with E-state index in [4.69, 9.17) is 0 Å². The van der Waals surface area contributed by atoms with Gasteiger partial charge >= 0.3 is 5.97 Å². The normalized spacial score (nSPS) is 15.0. The minimum Gasteiger partial charge on any atom is -0.478 e. The highest BCUT2D eigenvalue weighted by molar-refractivity contribution is 7.08. The molecule has 0 saturated heterocycles. The van der Waals surface area contributed by atoms with E-state index in [1.807, 2.05) is 6.08 Å². The third-order valence-electron chi connectivity index (χ3n) is 4.59. The van der Waals surface area contributed by atoms with Crippen LogP contribution >= 0.6 is 22.7 Å². The van der Waals surface area contributed by atoms with Gasteiger partial charge in [0.1, 0.15) is 0 Å². The maximum Gasteiger partial charge on any atom is 0.332 e. The van der Waals surface area contributed by atoms with Gasteiger partial charge in [0.05, 0.1) is 0 Å². The molecule has 132 valence electrons. The highest BCUT2D eigenvalue weighted by Crippen LogP contribution is 2.32. The predicted molar refractivity (Wildman–Crippen MR) is 107 cm³/mol. The van der Waals surface area contributed by atoms with Crippen LogP contribution in [0.5, 0.6) is 0 Å². The quantitative estimate of drug-likeness (QED) is 0.777. The van der Waals surface area contributed by atoms with Gasteiger partial charge in [-0.15, -0.1) is 0 Å². The summed E-state index contributed by atoms with van der Waals surface area (Å²) in [4.78, 5) is 13.4. The number of nitrogens with zero attached hydrogens (tertiary/aromatic N) is 1. The molecule has 0 bridgehead atoms. The van der Waals surface area contributed by atoms with Crippen LogP contribution in [0.1, 0.15) is 35.1 Å². The lowest BCUT2D eigenvalue weighted by Gasteiger charge is -2.25. The van der Waals surface area contributed by atoms with Crippen molar-refractivity contribution in [1.82, 2.24) is 4.90 Å². The molecule has 0 aliphatic carbocycles. The summed E-state index contributed by atoms with van der Waals surface area (Å²) in [6, 6.07) is 0. The Morgan fingerprint density at radius 1 is 1.16 bits per heavy atom. The van der Waals surface area contributed by atoms with Crippen LogP contribution in [0.15, 0.2) is 39.2 Å². The molecule has 2 aromatic heterocycles. The molecule has 0 spiro atoms. The first kappa shape index (κ1) is 18.1. The van der Waals surface area contributed by atoms with Crippen LogP contribution < -0.4 is 0 Å². The third kappa shape index (κ3) is 4.29. The molecule has 2 aromatic rings. The number of thiophene rings is 2. The van der Waals surface area contributed by atoms with E-state index in [9.17, 15) is 9.90 Å². The van der Waals surface area contributed by atoms with E-state index in [-0.39, 0.29) is 0 Å². The average Bonchev–Trinajstić information content (AvgIpc) is 3.21. The van der Waals surface area contributed by atoms with Crippen molar-refractivity contribution in [2.45, 2.75) is 26.7 Å². The number of carboxylic acids is 1. The van der Waals surface area contributed by atoms with Gasteiger partial charge in [0, 0.05) is 25.2 Å². The minimum atomic E-state index is -0.788. The van der Waals surface area contributed by atoms with Gasteiger partial charge in [-0.25, -0.2) is 4.79 Å². The van der Waals surface area contributed by atoms with Crippen molar-refractivity contribution < 1.29 is 9.90 Å². The Balaban J connectivity index is 1.74. The summed E-state index contributed by atoms with van der Waals surface area (Å²) in [5.74, 6) is -0.788. The van der Waals surface area contributed by atoms with Gasteiger partial charge in [-0.3, -0.25) is 4.90 Å². The Morgan fingerprint density at radius 2 is 1.80 bits per heavy atom. The summed E-state index contributed by atoms with van der Waals surface area (Å²) >= 11 is 3.48. The molecule has 5 heteroatoms. The second-order valence-corrected chi connectivity index (χ2v) is 7.93. The number of hydrogen-bond acceptors (Lipinski definition) is 4. The van der Waals surface area contributed by atoms with Gasteiger partial charge in [-0.1, -0.05) is 12.2 Å². The molecule has 1 N–H and O–H groups in total. The lowest BCUT2D eigenvalue weighted by atomic mass is 9.96. The Kier molecular flexibility index (Phi) is 5.89. The predicted octanol–water partition coefficient (Wildman–Crippen LogP) is 4.96. The molecule has 0 radical (unpaired) electrons. The summed E-state index contributed by atoms with van der Waals surface area (Å²) in [5.41, 5.74) is 7.10. The zero-order valence-corrected chi connectivity index (χ0v) is 16.3. The summed E-state index contributed by atoms with van der Waals surface area (Å²) in [6.07, 6.45) is 5.92. The SMILES string of the molecule is Cc1cscc1C(=CCCN1CCC=C(C(=O)O)C1)c1cscc1C. The van der Waals surface area contributed by atoms with E-state index in [0.717, 1.165) is 25.9 Å². The van der Waals surface area contributed by atoms with Crippen molar-refractivity contribution in [2.75, 3.05) is 19.6 Å². The lowest BCUT2D eigenvalue weighted by Crippen LogP contribution is -2.32. The van der Waals surface area contributed by atoms with Crippen LogP contribution in [-0.4, -0.2) is 35.6 Å². The molecule has 1 aliphatic rings. The second-order valence-electron chi connectivity index (χ2n) is 6.44. The van der Waals surface area contributed by atoms with Crippen LogP contribution in [0.25, 0.3) is 5.57 Å². The standard InChI is InChI=1S/C20H23NO2S2/c1-14-10-24-12-18(14)17(19-13-25-11-15(19)2)6-4-8-21-7-3-5-16(9-21)20(22)23/h5-6,10-13H,3-4,7-9H2,1-2H3,(H,22,23). The summed E-state index contributed by atoms with van der Waals surface area (Å²) < 4.78 is 0. The summed E-state index contributed by atoms with van der Waals surface area (Å²) in [7, 11) is 0. The maximum atomic E-state index is 11.2. The molecule has 1 aliphatic heterocycles. The first-order valence-electron chi connectivity index (χ1n) is 8.47. The highest BCUT2D eigenvalue weighted by atomic mass is 32.1. The molecular weight excluding hydrogens is 350 g/mol. The fraction of sp³-hybridized carbons (Fsp3) is 0.350. The van der Waals surface area contributed by atoms with Gasteiger partial charge in [0.15, 0.2) is 0 Å². The van der Waals surface area contributed by atoms with Crippen molar-refractivity contribution in [3.63, 3.8) is 0 Å². The van der Waals surface area contributed by atoms with Crippen molar-refractivity contribution in [3.05, 3.63) is 61.5 Å². The zero-order chi connectivity index (χ0) is 17.8. The maximum absolute atomic E-state index is 11.2. The number of carboxylic acid groups (broad SMARTS) is 1. The molecule has 0 aromatic carbocycles. The molecule has 3 nitrogen and oxygen atoms in total. The van der Waals surface area contributed by atoms with Gasteiger partial charge < -0.3 is 5.11 Å². The number of hydrogen-bond donors (Lipinski definition) is 1. The Bertz CT molecular complexity index is 771. The monoisotopic (exact) mass is 373 g/mol. The molecule has 0 fully saturated rings. The van der Waals surface area contributed by atoms with Gasteiger partial charge in [-0.2, -0.15) is 22.7 Å². The highest BCUT2D eigenvalue weighted by Gasteiger charge is 2.17. The molecule has 3 heterocycles. The lowest BCUT2D eigenvalue weighted by molar-refractivity contribution is -0.133. The minimum absolute atomic E-state index is 0.526. The van der Waals surface area contributed by atoms with Crippen molar-refractivity contribution >= 4 is 34.2 Å². The van der Waals surface area contributed by atoms with Gasteiger partial charge in [-0.05, 0) is 76.0 Å². The molecule has 0 amide bonds.